The van der Waals surface area contributed by atoms with Gasteiger partial charge in [-0.25, -0.2) is 0 Å². The van der Waals surface area contributed by atoms with Crippen molar-refractivity contribution in [3.63, 3.8) is 0 Å². The molecule has 1 rings (SSSR count). The lowest BCUT2D eigenvalue weighted by Crippen LogP contribution is -2.35. The van der Waals surface area contributed by atoms with Crippen LogP contribution in [-0.2, 0) is 4.79 Å². The van der Waals surface area contributed by atoms with E-state index in [1.54, 1.807) is 0 Å². The quantitative estimate of drug-likeness (QED) is 0.455. The average molecular weight is 172 g/mol. The Kier molecular flexibility index (Phi) is 4.04. The highest BCUT2D eigenvalue weighted by Gasteiger charge is 2.21. The molecule has 0 unspecified atom stereocenters. The number of carbonyl (C=O) groups is 1. The molecule has 0 spiro atoms. The van der Waals surface area contributed by atoms with Gasteiger partial charge < -0.3 is 15.7 Å². The second-order valence-corrected chi connectivity index (χ2v) is 3.15. The molecule has 0 aromatic heterocycles. The summed E-state index contributed by atoms with van der Waals surface area (Å²) in [5, 5.41) is 14.1. The number of rotatable bonds is 6. The third-order valence-corrected chi connectivity index (χ3v) is 1.86. The fourth-order valence-electron chi connectivity index (χ4n) is 0.924. The third kappa shape index (κ3) is 4.31. The fourth-order valence-corrected chi connectivity index (χ4v) is 0.924. The summed E-state index contributed by atoms with van der Waals surface area (Å²) in [5.41, 5.74) is 0. The Balaban J connectivity index is 1.88. The number of aliphatic hydroxyl groups excluding tert-OH is 1. The Morgan fingerprint density at radius 3 is 2.83 bits per heavy atom. The van der Waals surface area contributed by atoms with Gasteiger partial charge in [-0.05, 0) is 18.8 Å². The van der Waals surface area contributed by atoms with Crippen LogP contribution in [-0.4, -0.2) is 37.3 Å². The van der Waals surface area contributed by atoms with E-state index >= 15 is 0 Å². The second kappa shape index (κ2) is 5.11. The molecule has 1 aliphatic carbocycles. The number of hydrogen-bond acceptors (Lipinski definition) is 3. The van der Waals surface area contributed by atoms with Crippen molar-refractivity contribution in [1.82, 2.24) is 10.6 Å². The van der Waals surface area contributed by atoms with Crippen LogP contribution in [0.1, 0.15) is 12.8 Å². The summed E-state index contributed by atoms with van der Waals surface area (Å²) in [4.78, 5) is 11.0. The molecule has 1 amide bonds. The van der Waals surface area contributed by atoms with Gasteiger partial charge in [-0.3, -0.25) is 4.79 Å². The Morgan fingerprint density at radius 1 is 1.50 bits per heavy atom. The van der Waals surface area contributed by atoms with E-state index in [-0.39, 0.29) is 12.5 Å². The Morgan fingerprint density at radius 2 is 2.25 bits per heavy atom. The summed E-state index contributed by atoms with van der Waals surface area (Å²) < 4.78 is 0. The number of amides is 1. The molecule has 0 bridgehead atoms. The van der Waals surface area contributed by atoms with Crippen molar-refractivity contribution in [3.05, 3.63) is 0 Å². The summed E-state index contributed by atoms with van der Waals surface area (Å²) in [5.74, 6) is 0.752. The first-order valence-corrected chi connectivity index (χ1v) is 4.41. The molecule has 3 N–H and O–H groups in total. The molecule has 0 heterocycles. The smallest absolute Gasteiger partial charge is 0.233 e. The van der Waals surface area contributed by atoms with Gasteiger partial charge in [-0.15, -0.1) is 0 Å². The van der Waals surface area contributed by atoms with Crippen molar-refractivity contribution < 1.29 is 9.90 Å². The molecule has 1 fully saturated rings. The molecule has 1 aliphatic rings. The van der Waals surface area contributed by atoms with Crippen LogP contribution < -0.4 is 10.6 Å². The Bertz CT molecular complexity index is 146. The number of carbonyl (C=O) groups excluding carboxylic acids is 1. The molecule has 4 heteroatoms. The van der Waals surface area contributed by atoms with Gasteiger partial charge in [0.15, 0.2) is 0 Å². The van der Waals surface area contributed by atoms with E-state index in [4.69, 9.17) is 5.11 Å². The summed E-state index contributed by atoms with van der Waals surface area (Å²) in [7, 11) is 0. The van der Waals surface area contributed by atoms with E-state index in [0.29, 0.717) is 13.1 Å². The van der Waals surface area contributed by atoms with Gasteiger partial charge in [-0.2, -0.15) is 0 Å². The Labute approximate surface area is 72.3 Å². The molecule has 0 atom stereocenters. The van der Waals surface area contributed by atoms with Crippen molar-refractivity contribution >= 4 is 5.91 Å². The minimum absolute atomic E-state index is 0.0235. The maximum absolute atomic E-state index is 11.0. The zero-order chi connectivity index (χ0) is 8.81. The molecule has 0 saturated heterocycles. The van der Waals surface area contributed by atoms with E-state index in [0.717, 1.165) is 12.5 Å². The first kappa shape index (κ1) is 9.48. The minimum Gasteiger partial charge on any atom is -0.395 e. The molecule has 0 aromatic carbocycles. The summed E-state index contributed by atoms with van der Waals surface area (Å²) in [6.07, 6.45) is 2.51. The van der Waals surface area contributed by atoms with E-state index in [1.807, 2.05) is 0 Å². The van der Waals surface area contributed by atoms with Gasteiger partial charge in [0.1, 0.15) is 0 Å². The standard InChI is InChI=1S/C8H16N2O2/c11-4-3-9-6-8(12)10-5-7-1-2-7/h7,9,11H,1-6H2,(H,10,12). The lowest BCUT2D eigenvalue weighted by Gasteiger charge is -2.03. The zero-order valence-corrected chi connectivity index (χ0v) is 7.18. The summed E-state index contributed by atoms with van der Waals surface area (Å²) >= 11 is 0. The first-order chi connectivity index (χ1) is 5.83. The third-order valence-electron chi connectivity index (χ3n) is 1.86. The topological polar surface area (TPSA) is 61.4 Å². The lowest BCUT2D eigenvalue weighted by atomic mass is 10.4. The van der Waals surface area contributed by atoms with Gasteiger partial charge in [0.05, 0.1) is 13.2 Å². The van der Waals surface area contributed by atoms with Crippen LogP contribution in [0.3, 0.4) is 0 Å². The van der Waals surface area contributed by atoms with E-state index in [9.17, 15) is 4.79 Å². The molecule has 4 nitrogen and oxygen atoms in total. The molecule has 0 aliphatic heterocycles. The zero-order valence-electron chi connectivity index (χ0n) is 7.18. The van der Waals surface area contributed by atoms with E-state index < -0.39 is 0 Å². The fraction of sp³-hybridized carbons (Fsp3) is 0.875. The molecule has 1 saturated carbocycles. The molecule has 70 valence electrons. The SMILES string of the molecule is O=C(CNCCO)NCC1CC1. The van der Waals surface area contributed by atoms with Gasteiger partial charge in [0, 0.05) is 13.1 Å². The molecular formula is C8H16N2O2. The van der Waals surface area contributed by atoms with Gasteiger partial charge >= 0.3 is 0 Å². The van der Waals surface area contributed by atoms with Gasteiger partial charge in [0.2, 0.25) is 5.91 Å². The van der Waals surface area contributed by atoms with Crippen LogP contribution in [0.25, 0.3) is 0 Å². The highest BCUT2D eigenvalue weighted by atomic mass is 16.3. The first-order valence-electron chi connectivity index (χ1n) is 4.41. The number of nitrogens with one attached hydrogen (secondary N) is 2. The van der Waals surface area contributed by atoms with Crippen molar-refractivity contribution in [2.75, 3.05) is 26.2 Å². The van der Waals surface area contributed by atoms with Gasteiger partial charge in [-0.1, -0.05) is 0 Å². The average Bonchev–Trinajstić information content (AvgIpc) is 2.84. The van der Waals surface area contributed by atoms with Gasteiger partial charge in [0.25, 0.3) is 0 Å². The maximum Gasteiger partial charge on any atom is 0.233 e. The maximum atomic E-state index is 11.0. The van der Waals surface area contributed by atoms with Crippen molar-refractivity contribution in [3.8, 4) is 0 Å². The van der Waals surface area contributed by atoms with Crippen molar-refractivity contribution in [1.29, 1.82) is 0 Å². The minimum atomic E-state index is 0.0235. The highest BCUT2D eigenvalue weighted by Crippen LogP contribution is 2.27. The monoisotopic (exact) mass is 172 g/mol. The largest absolute Gasteiger partial charge is 0.395 e. The van der Waals surface area contributed by atoms with Crippen molar-refractivity contribution in [2.24, 2.45) is 5.92 Å². The second-order valence-electron chi connectivity index (χ2n) is 3.15. The molecule has 12 heavy (non-hydrogen) atoms. The predicted octanol–water partition coefficient (Wildman–Crippen LogP) is -0.905. The van der Waals surface area contributed by atoms with Crippen LogP contribution in [0.15, 0.2) is 0 Å². The summed E-state index contributed by atoms with van der Waals surface area (Å²) in [6, 6.07) is 0. The Hall–Kier alpha value is -0.610. The van der Waals surface area contributed by atoms with Crippen LogP contribution >= 0.6 is 0 Å². The normalized spacial score (nSPS) is 16.1. The highest BCUT2D eigenvalue weighted by molar-refractivity contribution is 5.77. The predicted molar refractivity (Wildman–Crippen MR) is 45.7 cm³/mol. The van der Waals surface area contributed by atoms with Crippen LogP contribution in [0.5, 0.6) is 0 Å². The van der Waals surface area contributed by atoms with Crippen LogP contribution in [0.4, 0.5) is 0 Å². The van der Waals surface area contributed by atoms with E-state index in [2.05, 4.69) is 10.6 Å². The summed E-state index contributed by atoms with van der Waals surface area (Å²) in [6.45, 7) is 1.69. The molecule has 0 radical (unpaired) electrons. The lowest BCUT2D eigenvalue weighted by molar-refractivity contribution is -0.120. The number of hydrogen-bond donors (Lipinski definition) is 3. The van der Waals surface area contributed by atoms with Crippen LogP contribution in [0, 0.1) is 5.92 Å². The van der Waals surface area contributed by atoms with E-state index in [1.165, 1.54) is 12.8 Å². The number of aliphatic hydroxyl groups is 1. The molecule has 0 aromatic rings. The van der Waals surface area contributed by atoms with Crippen molar-refractivity contribution in [2.45, 2.75) is 12.8 Å². The molecular weight excluding hydrogens is 156 g/mol. The van der Waals surface area contributed by atoms with Crippen LogP contribution in [0.2, 0.25) is 0 Å².